The van der Waals surface area contributed by atoms with Gasteiger partial charge in [0.15, 0.2) is 0 Å². The third kappa shape index (κ3) is 5.81. The van der Waals surface area contributed by atoms with E-state index in [-0.39, 0.29) is 0 Å². The first-order valence-electron chi connectivity index (χ1n) is 11.1. The molecule has 3 heteroatoms. The summed E-state index contributed by atoms with van der Waals surface area (Å²) in [6.45, 7) is 2.01. The normalized spacial score (nSPS) is 28.9. The van der Waals surface area contributed by atoms with Crippen LogP contribution in [0.15, 0.2) is 30.3 Å². The minimum absolute atomic E-state index is 0.320. The van der Waals surface area contributed by atoms with Crippen molar-refractivity contribution in [1.82, 2.24) is 5.32 Å². The second kappa shape index (κ2) is 9.73. The van der Waals surface area contributed by atoms with Crippen molar-refractivity contribution >= 4 is 5.97 Å². The minimum atomic E-state index is -0.645. The highest BCUT2D eigenvalue weighted by atomic mass is 16.4. The molecule has 0 unspecified atom stereocenters. The number of carboxylic acid groups (broad SMARTS) is 1. The molecule has 0 heterocycles. The van der Waals surface area contributed by atoms with Crippen molar-refractivity contribution in [1.29, 1.82) is 0 Å². The Kier molecular flexibility index (Phi) is 7.34. The third-order valence-corrected chi connectivity index (χ3v) is 6.92. The first-order valence-corrected chi connectivity index (χ1v) is 11.1. The van der Waals surface area contributed by atoms with E-state index in [1.807, 2.05) is 37.3 Å². The molecule has 2 atom stereocenters. The van der Waals surface area contributed by atoms with Crippen LogP contribution in [0.4, 0.5) is 0 Å². The SMILES string of the molecule is C1CCC(NC2CCCCC2)CC1.C[C@@H]1C[C@@]1(Cc1ccccc1)C(=O)O. The molecule has 2 N–H and O–H groups in total. The van der Waals surface area contributed by atoms with Gasteiger partial charge in [0.05, 0.1) is 5.41 Å². The molecule has 0 spiro atoms. The lowest BCUT2D eigenvalue weighted by atomic mass is 9.91. The molecule has 3 aliphatic carbocycles. The molecular formula is C24H37NO2. The number of benzene rings is 1. The summed E-state index contributed by atoms with van der Waals surface area (Å²) in [5.74, 6) is -0.325. The molecule has 3 aliphatic rings. The largest absolute Gasteiger partial charge is 0.481 e. The molecule has 27 heavy (non-hydrogen) atoms. The van der Waals surface area contributed by atoms with E-state index in [2.05, 4.69) is 5.32 Å². The predicted molar refractivity (Wildman–Crippen MR) is 111 cm³/mol. The Morgan fingerprint density at radius 1 is 0.963 bits per heavy atom. The van der Waals surface area contributed by atoms with Gasteiger partial charge in [0.1, 0.15) is 0 Å². The van der Waals surface area contributed by atoms with Gasteiger partial charge in [0.25, 0.3) is 0 Å². The summed E-state index contributed by atoms with van der Waals surface area (Å²) >= 11 is 0. The predicted octanol–water partition coefficient (Wildman–Crippen LogP) is 5.58. The monoisotopic (exact) mass is 371 g/mol. The molecule has 0 radical (unpaired) electrons. The molecule has 4 rings (SSSR count). The van der Waals surface area contributed by atoms with Crippen molar-refractivity contribution in [2.75, 3.05) is 0 Å². The highest BCUT2D eigenvalue weighted by Crippen LogP contribution is 2.54. The Morgan fingerprint density at radius 2 is 1.44 bits per heavy atom. The highest BCUT2D eigenvalue weighted by molar-refractivity contribution is 5.79. The van der Waals surface area contributed by atoms with Crippen molar-refractivity contribution in [3.05, 3.63) is 35.9 Å². The molecule has 0 amide bonds. The lowest BCUT2D eigenvalue weighted by Gasteiger charge is -2.30. The Labute approximate surface area is 164 Å². The average molecular weight is 372 g/mol. The number of carbonyl (C=O) groups is 1. The fraction of sp³-hybridized carbons (Fsp3) is 0.708. The molecule has 150 valence electrons. The maximum atomic E-state index is 11.1. The van der Waals surface area contributed by atoms with Crippen LogP contribution in [0, 0.1) is 11.3 Å². The summed E-state index contributed by atoms with van der Waals surface area (Å²) in [6, 6.07) is 11.6. The third-order valence-electron chi connectivity index (χ3n) is 6.92. The van der Waals surface area contributed by atoms with Gasteiger partial charge in [-0.15, -0.1) is 0 Å². The van der Waals surface area contributed by atoms with E-state index in [1.165, 1.54) is 64.2 Å². The van der Waals surface area contributed by atoms with Gasteiger partial charge in [-0.25, -0.2) is 0 Å². The van der Waals surface area contributed by atoms with E-state index in [0.29, 0.717) is 12.3 Å². The van der Waals surface area contributed by atoms with E-state index in [1.54, 1.807) is 0 Å². The van der Waals surface area contributed by atoms with Gasteiger partial charge in [-0.1, -0.05) is 75.8 Å². The molecule has 3 fully saturated rings. The van der Waals surface area contributed by atoms with Crippen LogP contribution in [0.2, 0.25) is 0 Å². The van der Waals surface area contributed by atoms with Crippen molar-refractivity contribution in [2.45, 2.75) is 96.1 Å². The standard InChI is InChI=1S/C12H23N.C12H14O2/c1-3-7-11(8-4-1)13-12-9-5-2-6-10-12;1-9-7-12(9,11(13)14)8-10-5-3-2-4-6-10/h11-13H,1-10H2;2-6,9H,7-8H2,1H3,(H,13,14)/t;9-,12+/m.1/s1. The summed E-state index contributed by atoms with van der Waals surface area (Å²) in [5.41, 5.74) is 0.653. The molecule has 3 saturated carbocycles. The smallest absolute Gasteiger partial charge is 0.310 e. The number of carboxylic acids is 1. The molecule has 0 bridgehead atoms. The second-order valence-electron chi connectivity index (χ2n) is 9.07. The van der Waals surface area contributed by atoms with Crippen molar-refractivity contribution in [3.8, 4) is 0 Å². The van der Waals surface area contributed by atoms with Crippen molar-refractivity contribution < 1.29 is 9.90 Å². The Hall–Kier alpha value is -1.35. The summed E-state index contributed by atoms with van der Waals surface area (Å²) in [4.78, 5) is 11.1. The van der Waals surface area contributed by atoms with Crippen LogP contribution in [0.5, 0.6) is 0 Å². The van der Waals surface area contributed by atoms with Gasteiger partial charge < -0.3 is 10.4 Å². The molecule has 0 aliphatic heterocycles. The van der Waals surface area contributed by atoms with Crippen LogP contribution in [-0.2, 0) is 11.2 Å². The topological polar surface area (TPSA) is 49.3 Å². The summed E-state index contributed by atoms with van der Waals surface area (Å²) in [7, 11) is 0. The summed E-state index contributed by atoms with van der Waals surface area (Å²) in [6.07, 6.45) is 16.1. The van der Waals surface area contributed by atoms with E-state index in [4.69, 9.17) is 5.11 Å². The highest BCUT2D eigenvalue weighted by Gasteiger charge is 2.57. The van der Waals surface area contributed by atoms with Crippen LogP contribution in [-0.4, -0.2) is 23.2 Å². The Morgan fingerprint density at radius 3 is 1.85 bits per heavy atom. The van der Waals surface area contributed by atoms with Crippen LogP contribution in [0.25, 0.3) is 0 Å². The van der Waals surface area contributed by atoms with Gasteiger partial charge in [-0.3, -0.25) is 4.79 Å². The molecule has 1 aromatic carbocycles. The van der Waals surface area contributed by atoms with Crippen LogP contribution in [0.1, 0.15) is 83.1 Å². The molecule has 0 saturated heterocycles. The summed E-state index contributed by atoms with van der Waals surface area (Å²) < 4.78 is 0. The number of aliphatic carboxylic acids is 1. The van der Waals surface area contributed by atoms with Crippen LogP contribution >= 0.6 is 0 Å². The van der Waals surface area contributed by atoms with Crippen LogP contribution in [0.3, 0.4) is 0 Å². The van der Waals surface area contributed by atoms with Crippen molar-refractivity contribution in [2.24, 2.45) is 11.3 Å². The minimum Gasteiger partial charge on any atom is -0.481 e. The number of hydrogen-bond donors (Lipinski definition) is 2. The zero-order chi connectivity index (χ0) is 19.1. The van der Waals surface area contributed by atoms with Gasteiger partial charge in [0, 0.05) is 12.1 Å². The van der Waals surface area contributed by atoms with Gasteiger partial charge in [-0.05, 0) is 50.0 Å². The maximum absolute atomic E-state index is 11.1. The van der Waals surface area contributed by atoms with Gasteiger partial charge in [0.2, 0.25) is 0 Å². The van der Waals surface area contributed by atoms with Gasteiger partial charge in [-0.2, -0.15) is 0 Å². The Bertz CT molecular complexity index is 559. The number of rotatable bonds is 5. The average Bonchev–Trinajstić information content (AvgIpc) is 3.35. The molecular weight excluding hydrogens is 334 g/mol. The molecule has 3 nitrogen and oxygen atoms in total. The molecule has 1 aromatic rings. The van der Waals surface area contributed by atoms with E-state index in [9.17, 15) is 4.79 Å². The lowest BCUT2D eigenvalue weighted by molar-refractivity contribution is -0.143. The fourth-order valence-electron chi connectivity index (χ4n) is 4.94. The van der Waals surface area contributed by atoms with E-state index >= 15 is 0 Å². The number of hydrogen-bond acceptors (Lipinski definition) is 2. The first-order chi connectivity index (χ1) is 13.1. The van der Waals surface area contributed by atoms with E-state index in [0.717, 1.165) is 24.1 Å². The lowest BCUT2D eigenvalue weighted by Crippen LogP contribution is -2.40. The summed E-state index contributed by atoms with van der Waals surface area (Å²) in [5, 5.41) is 13.0. The van der Waals surface area contributed by atoms with Gasteiger partial charge >= 0.3 is 5.97 Å². The molecule has 0 aromatic heterocycles. The maximum Gasteiger partial charge on any atom is 0.310 e. The quantitative estimate of drug-likeness (QED) is 0.710. The van der Waals surface area contributed by atoms with Crippen molar-refractivity contribution in [3.63, 3.8) is 0 Å². The Balaban J connectivity index is 0.000000156. The zero-order valence-electron chi connectivity index (χ0n) is 17.0. The van der Waals surface area contributed by atoms with Crippen LogP contribution < -0.4 is 5.32 Å². The number of nitrogens with one attached hydrogen (secondary N) is 1. The second-order valence-corrected chi connectivity index (χ2v) is 9.07. The van der Waals surface area contributed by atoms with E-state index < -0.39 is 11.4 Å². The fourth-order valence-corrected chi connectivity index (χ4v) is 4.94. The zero-order valence-corrected chi connectivity index (χ0v) is 17.0. The first kappa shape index (κ1) is 20.4.